The van der Waals surface area contributed by atoms with Crippen molar-refractivity contribution in [3.63, 3.8) is 0 Å². The van der Waals surface area contributed by atoms with Crippen molar-refractivity contribution in [3.05, 3.63) is 11.1 Å². The maximum Gasteiger partial charge on any atom is 0.139 e. The van der Waals surface area contributed by atoms with Gasteiger partial charge in [0.1, 0.15) is 12.6 Å². The molecule has 2 saturated carbocycles. The number of allylic oxidation sites excluding steroid dienone is 2. The maximum absolute atomic E-state index is 2.54. The first-order valence-corrected chi connectivity index (χ1v) is 5.00. The van der Waals surface area contributed by atoms with E-state index in [-0.39, 0.29) is 0 Å². The lowest BCUT2D eigenvalue weighted by atomic mass is 9.78. The van der Waals surface area contributed by atoms with Crippen molar-refractivity contribution < 1.29 is 5.32 Å². The Morgan fingerprint density at radius 3 is 3.00 bits per heavy atom. The smallest absolute Gasteiger partial charge is 0.139 e. The third-order valence-corrected chi connectivity index (χ3v) is 5.01. The van der Waals surface area contributed by atoms with Gasteiger partial charge in [-0.15, -0.1) is 0 Å². The van der Waals surface area contributed by atoms with E-state index in [1.54, 1.807) is 12.8 Å². The van der Waals surface area contributed by atoms with Gasteiger partial charge in [0.25, 0.3) is 0 Å². The van der Waals surface area contributed by atoms with Crippen molar-refractivity contribution in [1.29, 1.82) is 0 Å². The summed E-state index contributed by atoms with van der Waals surface area (Å²) in [6.45, 7) is 1.45. The summed E-state index contributed by atoms with van der Waals surface area (Å²) < 4.78 is 0. The Balaban J connectivity index is 1.71. The van der Waals surface area contributed by atoms with Gasteiger partial charge in [0.05, 0.1) is 0 Å². The Hall–Kier alpha value is -0.300. The largest absolute Gasteiger partial charge is 0.334 e. The number of hydrogen-bond donors (Lipinski definition) is 1. The molecule has 5 unspecified atom stereocenters. The first-order chi connectivity index (χ1) is 5.43. The van der Waals surface area contributed by atoms with Crippen molar-refractivity contribution in [2.24, 2.45) is 23.2 Å². The van der Waals surface area contributed by atoms with Crippen LogP contribution >= 0.6 is 0 Å². The number of rotatable bonds is 1. The van der Waals surface area contributed by atoms with Crippen LogP contribution in [0.15, 0.2) is 11.1 Å². The monoisotopic (exact) mass is 146 g/mol. The Bertz CT molecular complexity index is 326. The fraction of sp³-hybridized carbons (Fsp3) is 0.800. The quantitative estimate of drug-likeness (QED) is 0.393. The van der Waals surface area contributed by atoms with Gasteiger partial charge in [-0.25, -0.2) is 0 Å². The zero-order valence-corrected chi connectivity index (χ0v) is 6.51. The number of quaternary nitrogens is 1. The van der Waals surface area contributed by atoms with Crippen LogP contribution in [0.2, 0.25) is 0 Å². The van der Waals surface area contributed by atoms with Gasteiger partial charge in [-0.3, -0.25) is 0 Å². The van der Waals surface area contributed by atoms with Gasteiger partial charge in [0.2, 0.25) is 0 Å². The zero-order valence-electron chi connectivity index (χ0n) is 6.51. The van der Waals surface area contributed by atoms with E-state index in [0.29, 0.717) is 0 Å². The number of fused-ring (bicyclic) bond motifs is 2. The molecule has 5 aliphatic rings. The van der Waals surface area contributed by atoms with Gasteiger partial charge < -0.3 is 5.32 Å². The van der Waals surface area contributed by atoms with Crippen LogP contribution in [0.5, 0.6) is 0 Å². The highest BCUT2D eigenvalue weighted by Gasteiger charge is 2.85. The summed E-state index contributed by atoms with van der Waals surface area (Å²) in [5.41, 5.74) is 4.81. The van der Waals surface area contributed by atoms with Crippen molar-refractivity contribution in [2.45, 2.75) is 18.9 Å². The molecule has 1 spiro atoms. The first-order valence-electron chi connectivity index (χ1n) is 5.00. The Morgan fingerprint density at radius 1 is 1.45 bits per heavy atom. The Kier molecular flexibility index (Phi) is 0.405. The molecule has 56 valence electrons. The van der Waals surface area contributed by atoms with Crippen LogP contribution in [0.25, 0.3) is 0 Å². The summed E-state index contributed by atoms with van der Waals surface area (Å²) in [4.78, 5) is 0. The fourth-order valence-corrected chi connectivity index (χ4v) is 4.48. The third kappa shape index (κ3) is 0.275. The van der Waals surface area contributed by atoms with Crippen molar-refractivity contribution in [2.75, 3.05) is 6.54 Å². The van der Waals surface area contributed by atoms with Crippen LogP contribution in [0.4, 0.5) is 0 Å². The molecule has 0 aromatic rings. The lowest BCUT2D eigenvalue weighted by Crippen LogP contribution is -2.62. The molecular weight excluding hydrogens is 134 g/mol. The average molecular weight is 146 g/mol. The number of hydrogen-bond acceptors (Lipinski definition) is 0. The van der Waals surface area contributed by atoms with E-state index in [1.807, 2.05) is 11.1 Å². The molecular formula is C10H12N+. The maximum atomic E-state index is 2.54. The van der Waals surface area contributed by atoms with Crippen LogP contribution in [0.1, 0.15) is 12.8 Å². The van der Waals surface area contributed by atoms with E-state index >= 15 is 0 Å². The van der Waals surface area contributed by atoms with Crippen LogP contribution in [-0.4, -0.2) is 12.6 Å². The second kappa shape index (κ2) is 0.957. The van der Waals surface area contributed by atoms with Crippen molar-refractivity contribution >= 4 is 0 Å². The molecule has 5 rings (SSSR count). The fourth-order valence-electron chi connectivity index (χ4n) is 4.48. The summed E-state index contributed by atoms with van der Waals surface area (Å²) in [6.07, 6.45) is 3.16. The van der Waals surface area contributed by atoms with Gasteiger partial charge in [-0.2, -0.15) is 0 Å². The molecule has 3 fully saturated rings. The molecule has 11 heavy (non-hydrogen) atoms. The molecule has 1 heterocycles. The molecule has 1 aliphatic heterocycles. The summed E-state index contributed by atoms with van der Waals surface area (Å²) in [6, 6.07) is 1.07. The highest BCUT2D eigenvalue weighted by atomic mass is 15.1. The van der Waals surface area contributed by atoms with Gasteiger partial charge in [0.15, 0.2) is 0 Å². The highest BCUT2D eigenvalue weighted by molar-refractivity contribution is 5.69. The van der Waals surface area contributed by atoms with E-state index < -0.39 is 0 Å². The van der Waals surface area contributed by atoms with Crippen LogP contribution in [0, 0.1) is 23.2 Å². The van der Waals surface area contributed by atoms with E-state index in [4.69, 9.17) is 0 Å². The lowest BCUT2D eigenvalue weighted by Gasteiger charge is -2.23. The Morgan fingerprint density at radius 2 is 2.36 bits per heavy atom. The first kappa shape index (κ1) is 4.66. The molecule has 1 heteroatoms. The summed E-state index contributed by atoms with van der Waals surface area (Å²) in [5.74, 6) is 3.38. The predicted octanol–water partition coefficient (Wildman–Crippen LogP) is -0.102. The van der Waals surface area contributed by atoms with Crippen molar-refractivity contribution in [1.82, 2.24) is 0 Å². The van der Waals surface area contributed by atoms with E-state index in [9.17, 15) is 0 Å². The second-order valence-electron chi connectivity index (χ2n) is 5.20. The van der Waals surface area contributed by atoms with Crippen LogP contribution in [-0.2, 0) is 0 Å². The molecule has 0 radical (unpaired) electrons. The minimum absolute atomic E-state index is 0.887. The summed E-state index contributed by atoms with van der Waals surface area (Å²) in [5, 5.41) is 2.54. The molecule has 0 aromatic carbocycles. The van der Waals surface area contributed by atoms with Gasteiger partial charge in [-0.1, -0.05) is 11.1 Å². The van der Waals surface area contributed by atoms with Gasteiger partial charge in [0, 0.05) is 17.3 Å². The lowest BCUT2D eigenvalue weighted by molar-refractivity contribution is -0.503. The second-order valence-corrected chi connectivity index (χ2v) is 5.20. The molecule has 1 nitrogen and oxygen atoms in total. The Labute approximate surface area is 65.9 Å². The molecule has 2 N–H and O–H groups in total. The third-order valence-electron chi connectivity index (χ3n) is 5.01. The molecule has 0 bridgehead atoms. The van der Waals surface area contributed by atoms with Gasteiger partial charge >= 0.3 is 0 Å². The summed E-state index contributed by atoms with van der Waals surface area (Å²) in [7, 11) is 0. The minimum atomic E-state index is 0.887. The van der Waals surface area contributed by atoms with E-state index in [1.165, 1.54) is 6.54 Å². The predicted molar refractivity (Wildman–Crippen MR) is 39.7 cm³/mol. The normalized spacial score (nSPS) is 72.0. The van der Waals surface area contributed by atoms with Crippen molar-refractivity contribution in [3.8, 4) is 0 Å². The van der Waals surface area contributed by atoms with Crippen LogP contribution in [0.3, 0.4) is 0 Å². The van der Waals surface area contributed by atoms with Crippen LogP contribution < -0.4 is 5.32 Å². The number of nitrogens with two attached hydrogens (primary N) is 1. The minimum Gasteiger partial charge on any atom is -0.334 e. The van der Waals surface area contributed by atoms with E-state index in [2.05, 4.69) is 5.32 Å². The van der Waals surface area contributed by atoms with E-state index in [0.717, 1.165) is 29.2 Å². The molecule has 5 atom stereocenters. The standard InChI is InChI=1S/C10H11N/c1-4-8-6-2-10(6,9(4)8)5(1)7-3-11-7/h4-7,11H,1-3H2/p+1. The molecule has 0 amide bonds. The molecule has 0 aromatic heterocycles. The summed E-state index contributed by atoms with van der Waals surface area (Å²) >= 11 is 0. The zero-order chi connectivity index (χ0) is 6.79. The topological polar surface area (TPSA) is 16.6 Å². The SMILES string of the molecule is C1[NH2+]C1C1CC2C3=C2C12CC32. The molecule has 4 aliphatic carbocycles. The average Bonchev–Trinajstić information content (AvgIpc) is 2.80. The van der Waals surface area contributed by atoms with Gasteiger partial charge in [-0.05, 0) is 18.8 Å². The molecule has 1 saturated heterocycles. The highest BCUT2D eigenvalue weighted by Crippen LogP contribution is 2.91.